The van der Waals surface area contributed by atoms with Crippen LogP contribution in [0.4, 0.5) is 5.69 Å². The van der Waals surface area contributed by atoms with E-state index in [0.717, 1.165) is 13.0 Å². The van der Waals surface area contributed by atoms with E-state index >= 15 is 0 Å². The third-order valence-electron chi connectivity index (χ3n) is 3.83. The molecule has 2 heterocycles. The fourth-order valence-electron chi connectivity index (χ4n) is 2.40. The summed E-state index contributed by atoms with van der Waals surface area (Å²) in [5, 5.41) is 13.9. The number of ether oxygens (including phenoxy) is 1. The lowest BCUT2D eigenvalue weighted by molar-refractivity contribution is -0.115. The van der Waals surface area contributed by atoms with E-state index in [0.29, 0.717) is 21.6 Å². The van der Waals surface area contributed by atoms with Crippen molar-refractivity contribution < 1.29 is 9.53 Å². The number of amides is 1. The number of hydrogen-bond donors (Lipinski definition) is 1. The second-order valence-electron chi connectivity index (χ2n) is 5.73. The lowest BCUT2D eigenvalue weighted by atomic mass is 10.3. The molecule has 3 aromatic rings. The number of aryl methyl sites for hydroxylation is 2. The summed E-state index contributed by atoms with van der Waals surface area (Å²) >= 11 is 9.11. The van der Waals surface area contributed by atoms with Gasteiger partial charge in [0.2, 0.25) is 5.91 Å². The van der Waals surface area contributed by atoms with Gasteiger partial charge in [-0.05, 0) is 43.0 Å². The number of anilines is 1. The van der Waals surface area contributed by atoms with Gasteiger partial charge in [0.25, 0.3) is 0 Å². The number of aromatic nitrogens is 3. The van der Waals surface area contributed by atoms with Crippen molar-refractivity contribution in [3.05, 3.63) is 51.9 Å². The van der Waals surface area contributed by atoms with Crippen LogP contribution in [0.1, 0.15) is 11.8 Å². The van der Waals surface area contributed by atoms with E-state index in [4.69, 9.17) is 16.3 Å². The Labute approximate surface area is 170 Å². The molecule has 2 aromatic heterocycles. The summed E-state index contributed by atoms with van der Waals surface area (Å²) in [6.45, 7) is 2.60. The van der Waals surface area contributed by atoms with Gasteiger partial charge in [0.15, 0.2) is 5.16 Å². The minimum Gasteiger partial charge on any atom is -0.495 e. The predicted octanol–water partition coefficient (Wildman–Crippen LogP) is 4.36. The molecular formula is C18H19ClN4O2S2. The quantitative estimate of drug-likeness (QED) is 0.546. The molecule has 0 radical (unpaired) electrons. The van der Waals surface area contributed by atoms with Crippen molar-refractivity contribution in [1.82, 2.24) is 14.8 Å². The second-order valence-corrected chi connectivity index (χ2v) is 8.51. The molecule has 27 heavy (non-hydrogen) atoms. The smallest absolute Gasteiger partial charge is 0.237 e. The Morgan fingerprint density at radius 3 is 3.04 bits per heavy atom. The second kappa shape index (κ2) is 9.25. The Morgan fingerprint density at radius 1 is 1.44 bits per heavy atom. The van der Waals surface area contributed by atoms with Gasteiger partial charge in [-0.1, -0.05) is 29.4 Å². The predicted molar refractivity (Wildman–Crippen MR) is 110 cm³/mol. The van der Waals surface area contributed by atoms with E-state index in [2.05, 4.69) is 27.0 Å². The first-order valence-corrected chi connectivity index (χ1v) is 10.4. The Bertz CT molecular complexity index is 899. The number of nitrogens with one attached hydrogen (secondary N) is 1. The van der Waals surface area contributed by atoms with Crippen LogP contribution in [0.25, 0.3) is 0 Å². The van der Waals surface area contributed by atoms with Gasteiger partial charge < -0.3 is 14.6 Å². The molecule has 0 bridgehead atoms. The molecule has 1 unspecified atom stereocenters. The molecule has 6 nitrogen and oxygen atoms in total. The molecule has 0 saturated heterocycles. The van der Waals surface area contributed by atoms with Crippen LogP contribution in [0, 0.1) is 0 Å². The van der Waals surface area contributed by atoms with Crippen molar-refractivity contribution in [2.45, 2.75) is 30.3 Å². The molecule has 3 rings (SSSR count). The van der Waals surface area contributed by atoms with Crippen LogP contribution in [0.3, 0.4) is 0 Å². The van der Waals surface area contributed by atoms with Crippen LogP contribution in [0.2, 0.25) is 5.02 Å². The minimum atomic E-state index is -0.363. The molecule has 1 amide bonds. The zero-order chi connectivity index (χ0) is 19.2. The molecule has 142 valence electrons. The van der Waals surface area contributed by atoms with Crippen molar-refractivity contribution in [2.24, 2.45) is 0 Å². The van der Waals surface area contributed by atoms with Gasteiger partial charge in [-0.15, -0.1) is 21.5 Å². The monoisotopic (exact) mass is 422 g/mol. The molecule has 0 fully saturated rings. The SMILES string of the molecule is COc1ccc(Cl)cc1NC(=O)C(C)Sc1nncn1CCc1cccs1. The number of thioether (sulfide) groups is 1. The number of thiophene rings is 1. The zero-order valence-electron chi connectivity index (χ0n) is 14.9. The molecule has 1 N–H and O–H groups in total. The summed E-state index contributed by atoms with van der Waals surface area (Å²) in [4.78, 5) is 13.9. The van der Waals surface area contributed by atoms with E-state index in [1.807, 2.05) is 17.6 Å². The Kier molecular flexibility index (Phi) is 6.76. The fourth-order valence-corrected chi connectivity index (χ4v) is 4.12. The van der Waals surface area contributed by atoms with E-state index in [9.17, 15) is 4.79 Å². The van der Waals surface area contributed by atoms with Gasteiger partial charge >= 0.3 is 0 Å². The summed E-state index contributed by atoms with van der Waals surface area (Å²) in [5.41, 5.74) is 0.543. The highest BCUT2D eigenvalue weighted by atomic mass is 35.5. The van der Waals surface area contributed by atoms with E-state index in [1.54, 1.807) is 43.0 Å². The number of benzene rings is 1. The molecule has 9 heteroatoms. The highest BCUT2D eigenvalue weighted by molar-refractivity contribution is 8.00. The largest absolute Gasteiger partial charge is 0.495 e. The third kappa shape index (κ3) is 5.24. The average molecular weight is 423 g/mol. The van der Waals surface area contributed by atoms with Crippen LogP contribution in [-0.4, -0.2) is 33.0 Å². The Morgan fingerprint density at radius 2 is 2.30 bits per heavy atom. The summed E-state index contributed by atoms with van der Waals surface area (Å²) < 4.78 is 7.23. The molecule has 1 atom stereocenters. The van der Waals surface area contributed by atoms with Crippen LogP contribution in [-0.2, 0) is 17.8 Å². The van der Waals surface area contributed by atoms with Crippen molar-refractivity contribution in [3.63, 3.8) is 0 Å². The van der Waals surface area contributed by atoms with Crippen molar-refractivity contribution >= 4 is 46.3 Å². The number of methoxy groups -OCH3 is 1. The fraction of sp³-hybridized carbons (Fsp3) is 0.278. The van der Waals surface area contributed by atoms with E-state index < -0.39 is 0 Å². The highest BCUT2D eigenvalue weighted by Gasteiger charge is 2.19. The minimum absolute atomic E-state index is 0.159. The maximum atomic E-state index is 12.6. The first kappa shape index (κ1) is 19.7. The van der Waals surface area contributed by atoms with E-state index in [1.165, 1.54) is 16.6 Å². The van der Waals surface area contributed by atoms with Gasteiger partial charge in [-0.3, -0.25) is 4.79 Å². The standard InChI is InChI=1S/C18H19ClN4O2S2/c1-12(17(24)21-15-10-13(19)5-6-16(15)25-2)27-18-22-20-11-23(18)8-7-14-4-3-9-26-14/h3-6,9-12H,7-8H2,1-2H3,(H,21,24). The number of nitrogens with zero attached hydrogens (tertiary/aromatic N) is 3. The molecule has 0 aliphatic heterocycles. The van der Waals surface area contributed by atoms with Crippen LogP contribution in [0.5, 0.6) is 5.75 Å². The van der Waals surface area contributed by atoms with Crippen molar-refractivity contribution in [1.29, 1.82) is 0 Å². The number of hydrogen-bond acceptors (Lipinski definition) is 6. The topological polar surface area (TPSA) is 69.0 Å². The van der Waals surface area contributed by atoms with Crippen LogP contribution >= 0.6 is 34.7 Å². The zero-order valence-corrected chi connectivity index (χ0v) is 17.3. The lowest BCUT2D eigenvalue weighted by Gasteiger charge is -2.14. The van der Waals surface area contributed by atoms with Crippen molar-refractivity contribution in [3.8, 4) is 5.75 Å². The van der Waals surface area contributed by atoms with E-state index in [-0.39, 0.29) is 11.2 Å². The molecular weight excluding hydrogens is 404 g/mol. The molecule has 0 aliphatic carbocycles. The summed E-state index contributed by atoms with van der Waals surface area (Å²) in [6.07, 6.45) is 2.60. The number of halogens is 1. The summed E-state index contributed by atoms with van der Waals surface area (Å²) in [7, 11) is 1.55. The maximum absolute atomic E-state index is 12.6. The van der Waals surface area contributed by atoms with Crippen LogP contribution < -0.4 is 10.1 Å². The normalized spacial score (nSPS) is 12.0. The first-order valence-electron chi connectivity index (χ1n) is 8.28. The number of carbonyl (C=O) groups excluding carboxylic acids is 1. The first-order chi connectivity index (χ1) is 13.1. The summed E-state index contributed by atoms with van der Waals surface area (Å²) in [5.74, 6) is 0.400. The van der Waals surface area contributed by atoms with Gasteiger partial charge in [-0.25, -0.2) is 0 Å². The van der Waals surface area contributed by atoms with Gasteiger partial charge in [0, 0.05) is 16.4 Å². The lowest BCUT2D eigenvalue weighted by Crippen LogP contribution is -2.23. The number of rotatable bonds is 8. The van der Waals surface area contributed by atoms with Gasteiger partial charge in [0.05, 0.1) is 18.0 Å². The molecule has 0 aliphatic rings. The molecule has 1 aromatic carbocycles. The highest BCUT2D eigenvalue weighted by Crippen LogP contribution is 2.29. The van der Waals surface area contributed by atoms with Crippen molar-refractivity contribution in [2.75, 3.05) is 12.4 Å². The number of carbonyl (C=O) groups is 1. The summed E-state index contributed by atoms with van der Waals surface area (Å²) in [6, 6.07) is 9.25. The molecule has 0 spiro atoms. The van der Waals surface area contributed by atoms with Crippen LogP contribution in [0.15, 0.2) is 47.2 Å². The average Bonchev–Trinajstić information content (AvgIpc) is 3.32. The van der Waals surface area contributed by atoms with Gasteiger partial charge in [-0.2, -0.15) is 0 Å². The molecule has 0 saturated carbocycles. The van der Waals surface area contributed by atoms with Gasteiger partial charge in [0.1, 0.15) is 12.1 Å². The maximum Gasteiger partial charge on any atom is 0.237 e. The Hall–Kier alpha value is -2.03. The third-order valence-corrected chi connectivity index (χ3v) is 6.10. The Balaban J connectivity index is 1.62.